The molecule has 6 heteroatoms. The number of aliphatic carboxylic acids is 1. The van der Waals surface area contributed by atoms with E-state index in [0.29, 0.717) is 12.1 Å². The summed E-state index contributed by atoms with van der Waals surface area (Å²) in [4.78, 5) is 23.4. The number of hydrogen-bond acceptors (Lipinski definition) is 3. The molecule has 1 fully saturated rings. The zero-order valence-electron chi connectivity index (χ0n) is 12.7. The van der Waals surface area contributed by atoms with E-state index in [9.17, 15) is 14.7 Å². The molecule has 0 radical (unpaired) electrons. The summed E-state index contributed by atoms with van der Waals surface area (Å²) in [6, 6.07) is 8.52. The monoisotopic (exact) mass is 306 g/mol. The van der Waals surface area contributed by atoms with Gasteiger partial charge in [-0.15, -0.1) is 0 Å². The van der Waals surface area contributed by atoms with Gasteiger partial charge in [0, 0.05) is 19.7 Å². The molecule has 22 heavy (non-hydrogen) atoms. The quantitative estimate of drug-likeness (QED) is 0.743. The molecule has 1 aromatic rings. The largest absolute Gasteiger partial charge is 0.481 e. The maximum atomic E-state index is 11.8. The summed E-state index contributed by atoms with van der Waals surface area (Å²) in [7, 11) is 0. The Kier molecular flexibility index (Phi) is 5.38. The van der Waals surface area contributed by atoms with Crippen molar-refractivity contribution in [1.29, 1.82) is 0 Å². The summed E-state index contributed by atoms with van der Waals surface area (Å²) < 4.78 is 5.42. The lowest BCUT2D eigenvalue weighted by Gasteiger charge is -2.26. The fourth-order valence-corrected chi connectivity index (χ4v) is 2.44. The summed E-state index contributed by atoms with van der Waals surface area (Å²) in [5, 5.41) is 14.9. The van der Waals surface area contributed by atoms with E-state index in [4.69, 9.17) is 4.74 Å². The predicted molar refractivity (Wildman–Crippen MR) is 81.8 cm³/mol. The second-order valence-electron chi connectivity index (χ2n) is 5.70. The number of carboxylic acids is 1. The number of ether oxygens (including phenoxy) is 1. The first-order valence-electron chi connectivity index (χ1n) is 7.44. The third-order valence-corrected chi connectivity index (χ3v) is 4.00. The maximum absolute atomic E-state index is 11.8. The van der Waals surface area contributed by atoms with E-state index in [1.807, 2.05) is 6.07 Å². The first-order chi connectivity index (χ1) is 10.5. The van der Waals surface area contributed by atoms with Gasteiger partial charge in [-0.05, 0) is 25.3 Å². The van der Waals surface area contributed by atoms with Crippen molar-refractivity contribution in [2.24, 2.45) is 0 Å². The number of carbonyl (C=O) groups excluding carboxylic acids is 1. The van der Waals surface area contributed by atoms with Crippen LogP contribution in [0.25, 0.3) is 0 Å². The van der Waals surface area contributed by atoms with Gasteiger partial charge in [-0.1, -0.05) is 30.3 Å². The topological polar surface area (TPSA) is 87.7 Å². The molecule has 0 aliphatic carbocycles. The summed E-state index contributed by atoms with van der Waals surface area (Å²) in [6.07, 6.45) is 2.02. The van der Waals surface area contributed by atoms with Gasteiger partial charge < -0.3 is 20.5 Å². The molecule has 1 aromatic carbocycles. The lowest BCUT2D eigenvalue weighted by Crippen LogP contribution is -2.48. The fraction of sp³-hybridized carbons (Fsp3) is 0.500. The number of hydrogen-bond donors (Lipinski definition) is 3. The van der Waals surface area contributed by atoms with Crippen molar-refractivity contribution in [2.45, 2.75) is 31.3 Å². The second-order valence-corrected chi connectivity index (χ2v) is 5.70. The van der Waals surface area contributed by atoms with Crippen LogP contribution < -0.4 is 10.6 Å². The zero-order chi connectivity index (χ0) is 16.0. The van der Waals surface area contributed by atoms with Gasteiger partial charge in [0.15, 0.2) is 0 Å². The molecule has 2 rings (SSSR count). The first-order valence-corrected chi connectivity index (χ1v) is 7.44. The Hall–Kier alpha value is -2.08. The van der Waals surface area contributed by atoms with E-state index in [2.05, 4.69) is 10.6 Å². The van der Waals surface area contributed by atoms with Crippen LogP contribution in [-0.4, -0.2) is 42.9 Å². The van der Waals surface area contributed by atoms with Crippen molar-refractivity contribution in [1.82, 2.24) is 10.6 Å². The van der Waals surface area contributed by atoms with Crippen LogP contribution >= 0.6 is 0 Å². The molecule has 2 amide bonds. The van der Waals surface area contributed by atoms with Gasteiger partial charge in [-0.25, -0.2) is 4.79 Å². The molecule has 0 spiro atoms. The lowest BCUT2D eigenvalue weighted by molar-refractivity contribution is -0.142. The van der Waals surface area contributed by atoms with Crippen LogP contribution in [-0.2, 0) is 14.9 Å². The molecule has 3 N–H and O–H groups in total. The van der Waals surface area contributed by atoms with Crippen LogP contribution in [0.5, 0.6) is 0 Å². The minimum absolute atomic E-state index is 0.0176. The summed E-state index contributed by atoms with van der Waals surface area (Å²) in [5.41, 5.74) is -0.510. The van der Waals surface area contributed by atoms with Gasteiger partial charge in [-0.3, -0.25) is 4.79 Å². The van der Waals surface area contributed by atoms with Crippen molar-refractivity contribution in [2.75, 3.05) is 19.7 Å². The van der Waals surface area contributed by atoms with Crippen molar-refractivity contribution in [3.8, 4) is 0 Å². The molecule has 1 heterocycles. The van der Waals surface area contributed by atoms with Crippen LogP contribution in [0.2, 0.25) is 0 Å². The van der Waals surface area contributed by atoms with Crippen LogP contribution in [0.1, 0.15) is 25.3 Å². The number of urea groups is 1. The van der Waals surface area contributed by atoms with Gasteiger partial charge in [-0.2, -0.15) is 0 Å². The standard InChI is InChI=1S/C16H22N2O4/c1-16(14(19)20,12-6-3-2-4-7-12)11-18-15(21)17-10-13-8-5-9-22-13/h2-4,6-7,13H,5,8-11H2,1H3,(H,19,20)(H2,17,18,21). The summed E-state index contributed by atoms with van der Waals surface area (Å²) in [6.45, 7) is 2.80. The molecule has 0 saturated carbocycles. The molecule has 6 nitrogen and oxygen atoms in total. The molecule has 1 aliphatic heterocycles. The molecular formula is C16H22N2O4. The van der Waals surface area contributed by atoms with Crippen molar-refractivity contribution in [3.63, 3.8) is 0 Å². The Morgan fingerprint density at radius 2 is 2.05 bits per heavy atom. The Bertz CT molecular complexity index is 514. The second kappa shape index (κ2) is 7.26. The van der Waals surface area contributed by atoms with Crippen LogP contribution in [0.15, 0.2) is 30.3 Å². The number of amides is 2. The smallest absolute Gasteiger partial charge is 0.315 e. The zero-order valence-corrected chi connectivity index (χ0v) is 12.7. The van der Waals surface area contributed by atoms with E-state index in [-0.39, 0.29) is 18.7 Å². The highest BCUT2D eigenvalue weighted by Gasteiger charge is 2.35. The number of nitrogens with one attached hydrogen (secondary N) is 2. The Labute approximate surface area is 129 Å². The van der Waals surface area contributed by atoms with E-state index in [1.54, 1.807) is 31.2 Å². The highest BCUT2D eigenvalue weighted by Crippen LogP contribution is 2.23. The normalized spacial score (nSPS) is 20.1. The average Bonchev–Trinajstić information content (AvgIpc) is 3.04. The summed E-state index contributed by atoms with van der Waals surface area (Å²) >= 11 is 0. The maximum Gasteiger partial charge on any atom is 0.315 e. The number of carboxylic acid groups (broad SMARTS) is 1. The highest BCUT2D eigenvalue weighted by atomic mass is 16.5. The van der Waals surface area contributed by atoms with Gasteiger partial charge in [0.1, 0.15) is 5.41 Å². The van der Waals surface area contributed by atoms with Gasteiger partial charge in [0.25, 0.3) is 0 Å². The van der Waals surface area contributed by atoms with E-state index in [1.165, 1.54) is 0 Å². The third kappa shape index (κ3) is 3.98. The minimum Gasteiger partial charge on any atom is -0.481 e. The Balaban J connectivity index is 1.88. The first kappa shape index (κ1) is 16.3. The number of carbonyl (C=O) groups is 2. The molecule has 0 aromatic heterocycles. The van der Waals surface area contributed by atoms with Gasteiger partial charge >= 0.3 is 12.0 Å². The van der Waals surface area contributed by atoms with Crippen molar-refractivity contribution in [3.05, 3.63) is 35.9 Å². The molecule has 2 atom stereocenters. The van der Waals surface area contributed by atoms with Crippen LogP contribution in [0.3, 0.4) is 0 Å². The third-order valence-electron chi connectivity index (χ3n) is 4.00. The Morgan fingerprint density at radius 1 is 1.32 bits per heavy atom. The van der Waals surface area contributed by atoms with Gasteiger partial charge in [0.2, 0.25) is 0 Å². The van der Waals surface area contributed by atoms with Crippen LogP contribution in [0.4, 0.5) is 4.79 Å². The molecule has 0 bridgehead atoms. The molecule has 2 unspecified atom stereocenters. The Morgan fingerprint density at radius 3 is 2.64 bits per heavy atom. The SMILES string of the molecule is CC(CNC(=O)NCC1CCCO1)(C(=O)O)c1ccccc1. The number of rotatable bonds is 6. The summed E-state index contributed by atoms with van der Waals surface area (Å²) in [5.74, 6) is -0.974. The van der Waals surface area contributed by atoms with Crippen LogP contribution in [0, 0.1) is 0 Å². The average molecular weight is 306 g/mol. The minimum atomic E-state index is -1.16. The number of benzene rings is 1. The highest BCUT2D eigenvalue weighted by molar-refractivity contribution is 5.82. The van der Waals surface area contributed by atoms with E-state index >= 15 is 0 Å². The lowest BCUT2D eigenvalue weighted by atomic mass is 9.82. The van der Waals surface area contributed by atoms with Crippen molar-refractivity contribution >= 4 is 12.0 Å². The molecule has 1 aliphatic rings. The predicted octanol–water partition coefficient (Wildman–Crippen LogP) is 1.51. The molecule has 120 valence electrons. The molecule has 1 saturated heterocycles. The van der Waals surface area contributed by atoms with E-state index < -0.39 is 11.4 Å². The molecular weight excluding hydrogens is 284 g/mol. The van der Waals surface area contributed by atoms with E-state index in [0.717, 1.165) is 19.4 Å². The van der Waals surface area contributed by atoms with Crippen molar-refractivity contribution < 1.29 is 19.4 Å². The van der Waals surface area contributed by atoms with Gasteiger partial charge in [0.05, 0.1) is 6.10 Å². The fourth-order valence-electron chi connectivity index (χ4n) is 2.44.